The SMILES string of the molecule is O=C(NCCN1CCN(c2ccccn2)CC1)c1ccc([N+](=O)[O-])cc1O. The van der Waals surface area contributed by atoms with E-state index < -0.39 is 16.6 Å². The average Bonchev–Trinajstić information content (AvgIpc) is 2.69. The molecule has 0 radical (unpaired) electrons. The molecule has 9 nitrogen and oxygen atoms in total. The molecule has 0 atom stereocenters. The lowest BCUT2D eigenvalue weighted by Gasteiger charge is -2.35. The van der Waals surface area contributed by atoms with Gasteiger partial charge in [-0.15, -0.1) is 0 Å². The monoisotopic (exact) mass is 371 g/mol. The molecule has 3 rings (SSSR count). The maximum Gasteiger partial charge on any atom is 0.273 e. The van der Waals surface area contributed by atoms with Gasteiger partial charge in [0.25, 0.3) is 11.6 Å². The van der Waals surface area contributed by atoms with Crippen molar-refractivity contribution in [3.8, 4) is 5.75 Å². The number of nitrogens with one attached hydrogen (secondary N) is 1. The second-order valence-electron chi connectivity index (χ2n) is 6.23. The van der Waals surface area contributed by atoms with Gasteiger partial charge in [0.1, 0.15) is 11.6 Å². The van der Waals surface area contributed by atoms with Crippen LogP contribution in [0.25, 0.3) is 0 Å². The van der Waals surface area contributed by atoms with E-state index in [1.165, 1.54) is 12.1 Å². The van der Waals surface area contributed by atoms with Crippen LogP contribution in [0.15, 0.2) is 42.6 Å². The van der Waals surface area contributed by atoms with Gasteiger partial charge in [0.05, 0.1) is 16.6 Å². The number of aromatic nitrogens is 1. The molecule has 1 aliphatic heterocycles. The predicted molar refractivity (Wildman–Crippen MR) is 100.0 cm³/mol. The van der Waals surface area contributed by atoms with Gasteiger partial charge in [-0.1, -0.05) is 6.07 Å². The maximum atomic E-state index is 12.1. The summed E-state index contributed by atoms with van der Waals surface area (Å²) < 4.78 is 0. The first kappa shape index (κ1) is 18.6. The molecule has 2 N–H and O–H groups in total. The van der Waals surface area contributed by atoms with E-state index in [0.29, 0.717) is 13.1 Å². The first-order valence-electron chi connectivity index (χ1n) is 8.68. The van der Waals surface area contributed by atoms with Crippen molar-refractivity contribution in [3.63, 3.8) is 0 Å². The third-order valence-electron chi connectivity index (χ3n) is 4.50. The quantitative estimate of drug-likeness (QED) is 0.580. The Hall–Kier alpha value is -3.20. The van der Waals surface area contributed by atoms with Crippen LogP contribution in [0.5, 0.6) is 5.75 Å². The number of hydrogen-bond acceptors (Lipinski definition) is 7. The van der Waals surface area contributed by atoms with Crippen LogP contribution in [0.3, 0.4) is 0 Å². The zero-order valence-corrected chi connectivity index (χ0v) is 14.7. The van der Waals surface area contributed by atoms with Gasteiger partial charge in [0.2, 0.25) is 0 Å². The van der Waals surface area contributed by atoms with Gasteiger partial charge in [-0.2, -0.15) is 0 Å². The fraction of sp³-hybridized carbons (Fsp3) is 0.333. The Morgan fingerprint density at radius 1 is 1.22 bits per heavy atom. The van der Waals surface area contributed by atoms with Crippen molar-refractivity contribution in [1.29, 1.82) is 0 Å². The van der Waals surface area contributed by atoms with Crippen molar-refractivity contribution in [2.24, 2.45) is 0 Å². The minimum atomic E-state index is -0.619. The van der Waals surface area contributed by atoms with Crippen molar-refractivity contribution in [1.82, 2.24) is 15.2 Å². The topological polar surface area (TPSA) is 112 Å². The van der Waals surface area contributed by atoms with Crippen molar-refractivity contribution in [3.05, 3.63) is 58.3 Å². The fourth-order valence-electron chi connectivity index (χ4n) is 2.99. The van der Waals surface area contributed by atoms with E-state index in [1.54, 1.807) is 6.20 Å². The third kappa shape index (κ3) is 4.70. The highest BCUT2D eigenvalue weighted by atomic mass is 16.6. The van der Waals surface area contributed by atoms with Crippen LogP contribution in [0.4, 0.5) is 11.5 Å². The molecule has 142 valence electrons. The largest absolute Gasteiger partial charge is 0.507 e. The number of aromatic hydroxyl groups is 1. The molecule has 2 heterocycles. The summed E-state index contributed by atoms with van der Waals surface area (Å²) in [6.07, 6.45) is 1.78. The summed E-state index contributed by atoms with van der Waals surface area (Å²) in [7, 11) is 0. The number of amides is 1. The standard InChI is InChI=1S/C18H21N5O4/c24-16-13-14(23(26)27)4-5-15(16)18(25)20-7-8-21-9-11-22(12-10-21)17-3-1-2-6-19-17/h1-6,13,24H,7-12H2,(H,20,25). The van der Waals surface area contributed by atoms with Crippen LogP contribution in [0, 0.1) is 10.1 Å². The van der Waals surface area contributed by atoms with E-state index in [9.17, 15) is 20.0 Å². The molecule has 27 heavy (non-hydrogen) atoms. The van der Waals surface area contributed by atoms with E-state index >= 15 is 0 Å². The van der Waals surface area contributed by atoms with E-state index in [-0.39, 0.29) is 11.3 Å². The first-order chi connectivity index (χ1) is 13.0. The molecular weight excluding hydrogens is 350 g/mol. The van der Waals surface area contributed by atoms with E-state index in [2.05, 4.69) is 20.1 Å². The summed E-state index contributed by atoms with van der Waals surface area (Å²) in [6.45, 7) is 4.60. The van der Waals surface area contributed by atoms with Crippen LogP contribution >= 0.6 is 0 Å². The van der Waals surface area contributed by atoms with Gasteiger partial charge in [-0.25, -0.2) is 4.98 Å². The number of benzene rings is 1. The number of nitro benzene ring substituents is 1. The number of non-ortho nitro benzene ring substituents is 1. The molecule has 0 unspecified atom stereocenters. The van der Waals surface area contributed by atoms with Gasteiger partial charge in [-0.3, -0.25) is 19.8 Å². The second-order valence-corrected chi connectivity index (χ2v) is 6.23. The van der Waals surface area contributed by atoms with Crippen LogP contribution in [-0.4, -0.2) is 65.1 Å². The maximum absolute atomic E-state index is 12.1. The first-order valence-corrected chi connectivity index (χ1v) is 8.68. The van der Waals surface area contributed by atoms with E-state index in [4.69, 9.17) is 0 Å². The van der Waals surface area contributed by atoms with Crippen LogP contribution in [-0.2, 0) is 0 Å². The highest BCUT2D eigenvalue weighted by Crippen LogP contribution is 2.23. The van der Waals surface area contributed by atoms with Gasteiger partial charge in [0, 0.05) is 51.5 Å². The number of pyridine rings is 1. The Kier molecular flexibility index (Phi) is 5.82. The summed E-state index contributed by atoms with van der Waals surface area (Å²) in [5.74, 6) is 0.124. The third-order valence-corrected chi connectivity index (χ3v) is 4.50. The second kappa shape index (κ2) is 8.45. The number of rotatable bonds is 6. The van der Waals surface area contributed by atoms with Crippen LogP contribution in [0.2, 0.25) is 0 Å². The number of nitro groups is 1. The molecule has 1 saturated heterocycles. The Morgan fingerprint density at radius 3 is 2.63 bits per heavy atom. The number of phenolic OH excluding ortho intramolecular Hbond substituents is 1. The molecule has 9 heteroatoms. The smallest absolute Gasteiger partial charge is 0.273 e. The van der Waals surface area contributed by atoms with Crippen molar-refractivity contribution >= 4 is 17.4 Å². The lowest BCUT2D eigenvalue weighted by atomic mass is 10.1. The lowest BCUT2D eigenvalue weighted by molar-refractivity contribution is -0.384. The predicted octanol–water partition coefficient (Wildman–Crippen LogP) is 1.25. The highest BCUT2D eigenvalue weighted by molar-refractivity contribution is 5.97. The number of anilines is 1. The summed E-state index contributed by atoms with van der Waals surface area (Å²) in [5, 5.41) is 23.2. The van der Waals surface area contributed by atoms with Crippen molar-refractivity contribution in [2.75, 3.05) is 44.2 Å². The molecular formula is C18H21N5O4. The Balaban J connectivity index is 1.44. The lowest BCUT2D eigenvalue weighted by Crippen LogP contribution is -2.48. The molecule has 2 aromatic rings. The molecule has 1 aromatic carbocycles. The van der Waals surface area contributed by atoms with Gasteiger partial charge >= 0.3 is 0 Å². The van der Waals surface area contributed by atoms with Gasteiger partial charge < -0.3 is 15.3 Å². The van der Waals surface area contributed by atoms with Crippen molar-refractivity contribution < 1.29 is 14.8 Å². The number of carbonyl (C=O) groups is 1. The molecule has 1 aromatic heterocycles. The number of hydrogen-bond donors (Lipinski definition) is 2. The highest BCUT2D eigenvalue weighted by Gasteiger charge is 2.19. The fourth-order valence-corrected chi connectivity index (χ4v) is 2.99. The Bertz CT molecular complexity index is 807. The van der Waals surface area contributed by atoms with E-state index in [0.717, 1.165) is 38.1 Å². The van der Waals surface area contributed by atoms with Gasteiger partial charge in [-0.05, 0) is 18.2 Å². The normalized spacial score (nSPS) is 14.7. The Labute approximate surface area is 156 Å². The summed E-state index contributed by atoms with van der Waals surface area (Å²) in [6, 6.07) is 9.29. The Morgan fingerprint density at radius 2 is 2.00 bits per heavy atom. The number of phenols is 1. The summed E-state index contributed by atoms with van der Waals surface area (Å²) in [5.41, 5.74) is -0.226. The number of piperazine rings is 1. The van der Waals surface area contributed by atoms with Crippen LogP contribution in [0.1, 0.15) is 10.4 Å². The summed E-state index contributed by atoms with van der Waals surface area (Å²) >= 11 is 0. The minimum absolute atomic E-state index is 0.0283. The molecule has 0 bridgehead atoms. The molecule has 1 aliphatic rings. The molecule has 0 spiro atoms. The molecule has 1 fully saturated rings. The average molecular weight is 371 g/mol. The number of nitrogens with zero attached hydrogens (tertiary/aromatic N) is 4. The molecule has 0 aliphatic carbocycles. The van der Waals surface area contributed by atoms with E-state index in [1.807, 2.05) is 18.2 Å². The zero-order valence-electron chi connectivity index (χ0n) is 14.7. The minimum Gasteiger partial charge on any atom is -0.507 e. The summed E-state index contributed by atoms with van der Waals surface area (Å²) in [4.78, 5) is 31.0. The number of carbonyl (C=O) groups excluding carboxylic acids is 1. The van der Waals surface area contributed by atoms with Crippen LogP contribution < -0.4 is 10.2 Å². The van der Waals surface area contributed by atoms with Gasteiger partial charge in [0.15, 0.2) is 0 Å². The molecule has 0 saturated carbocycles. The zero-order chi connectivity index (χ0) is 19.2. The van der Waals surface area contributed by atoms with Crippen molar-refractivity contribution in [2.45, 2.75) is 0 Å². The molecule has 1 amide bonds.